The van der Waals surface area contributed by atoms with E-state index >= 15 is 0 Å². The fraction of sp³-hybridized carbons (Fsp3) is 0.448. The summed E-state index contributed by atoms with van der Waals surface area (Å²) in [7, 11) is 0. The lowest BCUT2D eigenvalue weighted by atomic mass is 10.0. The Bertz CT molecular complexity index is 1100. The number of unbranched alkanes of at least 4 members (excludes halogenated alkanes) is 1. The number of anilines is 2. The van der Waals surface area contributed by atoms with E-state index in [0.717, 1.165) is 42.9 Å². The van der Waals surface area contributed by atoms with Crippen LogP contribution >= 0.6 is 11.6 Å². The zero-order valence-electron chi connectivity index (χ0n) is 22.3. The van der Waals surface area contributed by atoms with Crippen LogP contribution in [0.3, 0.4) is 0 Å². The number of benzene rings is 2. The third kappa shape index (κ3) is 8.79. The number of fused-ring (bicyclic) bond motifs is 2. The third-order valence-electron chi connectivity index (χ3n) is 5.91. The average Bonchev–Trinajstić information content (AvgIpc) is 2.99. The van der Waals surface area contributed by atoms with Crippen molar-refractivity contribution in [3.8, 4) is 0 Å². The highest BCUT2D eigenvalue weighted by atomic mass is 35.5. The molecule has 0 saturated carbocycles. The Kier molecular flexibility index (Phi) is 10.4. The molecule has 0 fully saturated rings. The Morgan fingerprint density at radius 2 is 1.81 bits per heavy atom. The Morgan fingerprint density at radius 1 is 1.08 bits per heavy atom. The van der Waals surface area contributed by atoms with Crippen molar-refractivity contribution in [3.05, 3.63) is 70.8 Å². The summed E-state index contributed by atoms with van der Waals surface area (Å²) in [5.41, 5.74) is 6.66. The van der Waals surface area contributed by atoms with E-state index in [1.165, 1.54) is 22.9 Å². The third-order valence-corrected chi connectivity index (χ3v) is 6.14. The van der Waals surface area contributed by atoms with Crippen LogP contribution in [0.5, 0.6) is 0 Å². The number of carbonyl (C=O) groups is 2. The number of ether oxygens (including phenoxy) is 1. The van der Waals surface area contributed by atoms with Crippen molar-refractivity contribution in [3.63, 3.8) is 0 Å². The molecule has 0 atom stereocenters. The van der Waals surface area contributed by atoms with Crippen LogP contribution in [-0.2, 0) is 27.2 Å². The van der Waals surface area contributed by atoms with Crippen molar-refractivity contribution in [2.24, 2.45) is 0 Å². The van der Waals surface area contributed by atoms with E-state index in [1.807, 2.05) is 32.9 Å². The summed E-state index contributed by atoms with van der Waals surface area (Å²) in [6, 6.07) is 14.6. The van der Waals surface area contributed by atoms with Crippen LogP contribution in [0, 0.1) is 0 Å². The van der Waals surface area contributed by atoms with Crippen LogP contribution in [0.25, 0.3) is 0 Å². The van der Waals surface area contributed by atoms with Crippen LogP contribution in [-0.4, -0.2) is 48.7 Å². The SMILES string of the molecule is CCONC(=O)/C=C/CN(CCCCN1c2ccccc2CCc2ccc(Cl)cc21)C(=O)OC(C)(C)C. The lowest BCUT2D eigenvalue weighted by molar-refractivity contribution is -0.128. The molecule has 1 N–H and O–H groups in total. The number of hydrogen-bond acceptors (Lipinski definition) is 5. The minimum absolute atomic E-state index is 0.263. The maximum atomic E-state index is 12.8. The number of hydrogen-bond donors (Lipinski definition) is 1. The van der Waals surface area contributed by atoms with Crippen LogP contribution in [0.15, 0.2) is 54.6 Å². The molecule has 2 aromatic carbocycles. The van der Waals surface area contributed by atoms with Gasteiger partial charge in [0.2, 0.25) is 0 Å². The van der Waals surface area contributed by atoms with Crippen LogP contribution in [0.2, 0.25) is 5.02 Å². The number of para-hydroxylation sites is 1. The molecule has 2 amide bonds. The number of amides is 2. The molecule has 8 heteroatoms. The summed E-state index contributed by atoms with van der Waals surface area (Å²) in [5, 5.41) is 0.722. The normalized spacial score (nSPS) is 13.1. The van der Waals surface area contributed by atoms with E-state index in [9.17, 15) is 9.59 Å². The van der Waals surface area contributed by atoms with Gasteiger partial charge in [-0.1, -0.05) is 41.9 Å². The summed E-state index contributed by atoms with van der Waals surface area (Å²) >= 11 is 6.38. The quantitative estimate of drug-likeness (QED) is 0.226. The highest BCUT2D eigenvalue weighted by molar-refractivity contribution is 6.30. The van der Waals surface area contributed by atoms with E-state index < -0.39 is 11.7 Å². The summed E-state index contributed by atoms with van der Waals surface area (Å²) in [6.45, 7) is 9.24. The maximum absolute atomic E-state index is 12.8. The summed E-state index contributed by atoms with van der Waals surface area (Å²) in [5.74, 6) is -0.372. The van der Waals surface area contributed by atoms with E-state index in [0.29, 0.717) is 13.2 Å². The van der Waals surface area contributed by atoms with Gasteiger partial charge in [-0.3, -0.25) is 9.63 Å². The molecule has 0 radical (unpaired) electrons. The number of rotatable bonds is 10. The number of aryl methyl sites for hydroxylation is 2. The summed E-state index contributed by atoms with van der Waals surface area (Å²) in [4.78, 5) is 33.5. The maximum Gasteiger partial charge on any atom is 0.410 e. The minimum Gasteiger partial charge on any atom is -0.444 e. The van der Waals surface area contributed by atoms with Gasteiger partial charge in [0.1, 0.15) is 5.60 Å². The van der Waals surface area contributed by atoms with Gasteiger partial charge < -0.3 is 14.5 Å². The molecule has 0 aliphatic carbocycles. The Morgan fingerprint density at radius 3 is 2.54 bits per heavy atom. The van der Waals surface area contributed by atoms with Gasteiger partial charge in [0.05, 0.1) is 6.61 Å². The molecule has 3 rings (SSSR count). The fourth-order valence-electron chi connectivity index (χ4n) is 4.25. The van der Waals surface area contributed by atoms with Crippen LogP contribution in [0.4, 0.5) is 16.2 Å². The molecule has 0 unspecified atom stereocenters. The van der Waals surface area contributed by atoms with Crippen molar-refractivity contribution < 1.29 is 19.2 Å². The van der Waals surface area contributed by atoms with Gasteiger partial charge in [-0.15, -0.1) is 0 Å². The summed E-state index contributed by atoms with van der Waals surface area (Å²) in [6.07, 6.45) is 6.18. The Balaban J connectivity index is 1.67. The molecular formula is C29H38ClN3O4. The fourth-order valence-corrected chi connectivity index (χ4v) is 4.41. The van der Waals surface area contributed by atoms with Crippen molar-refractivity contribution in [1.82, 2.24) is 10.4 Å². The van der Waals surface area contributed by atoms with E-state index in [-0.39, 0.29) is 12.5 Å². The molecule has 1 heterocycles. The predicted octanol–water partition coefficient (Wildman–Crippen LogP) is 6.22. The largest absolute Gasteiger partial charge is 0.444 e. The van der Waals surface area contributed by atoms with E-state index in [4.69, 9.17) is 21.2 Å². The van der Waals surface area contributed by atoms with Crippen molar-refractivity contribution in [2.45, 2.75) is 59.0 Å². The second-order valence-electron chi connectivity index (χ2n) is 9.99. The monoisotopic (exact) mass is 527 g/mol. The second-order valence-corrected chi connectivity index (χ2v) is 10.4. The number of halogens is 1. The molecule has 200 valence electrons. The zero-order valence-corrected chi connectivity index (χ0v) is 23.0. The first-order chi connectivity index (χ1) is 17.7. The lowest BCUT2D eigenvalue weighted by Crippen LogP contribution is -2.38. The second kappa shape index (κ2) is 13.5. The van der Waals surface area contributed by atoms with Crippen molar-refractivity contribution >= 4 is 35.0 Å². The van der Waals surface area contributed by atoms with Crippen LogP contribution < -0.4 is 10.4 Å². The molecule has 0 bridgehead atoms. The highest BCUT2D eigenvalue weighted by Crippen LogP contribution is 2.37. The highest BCUT2D eigenvalue weighted by Gasteiger charge is 2.23. The molecule has 0 saturated heterocycles. The van der Waals surface area contributed by atoms with Crippen molar-refractivity contribution in [1.29, 1.82) is 0 Å². The molecule has 0 aromatic heterocycles. The molecule has 2 aromatic rings. The van der Waals surface area contributed by atoms with E-state index in [2.05, 4.69) is 40.7 Å². The number of hydroxylamine groups is 1. The zero-order chi connectivity index (χ0) is 26.8. The van der Waals surface area contributed by atoms with E-state index in [1.54, 1.807) is 17.9 Å². The summed E-state index contributed by atoms with van der Waals surface area (Å²) < 4.78 is 5.59. The topological polar surface area (TPSA) is 71.1 Å². The molecule has 1 aliphatic heterocycles. The van der Waals surface area contributed by atoms with Gasteiger partial charge in [0.15, 0.2) is 0 Å². The molecule has 7 nitrogen and oxygen atoms in total. The molecule has 1 aliphatic rings. The van der Waals surface area contributed by atoms with Gasteiger partial charge in [-0.25, -0.2) is 10.3 Å². The van der Waals surface area contributed by atoms with Gasteiger partial charge >= 0.3 is 6.09 Å². The standard InChI is InChI=1S/C29H38ClN3O4/c1-5-36-31-27(34)13-10-19-32(28(35)37-29(2,3)4)18-8-9-20-33-25-12-7-6-11-22(25)14-15-23-16-17-24(30)21-26(23)33/h6-7,10-13,16-17,21H,5,8-9,14-15,18-20H2,1-4H3,(H,31,34)/b13-10+. The number of carbonyl (C=O) groups excluding carboxylic acids is 2. The first-order valence-electron chi connectivity index (χ1n) is 12.9. The molecule has 0 spiro atoms. The first kappa shape index (κ1) is 28.5. The lowest BCUT2D eigenvalue weighted by Gasteiger charge is -2.29. The van der Waals surface area contributed by atoms with Gasteiger partial charge in [-0.2, -0.15) is 0 Å². The number of nitrogens with one attached hydrogen (secondary N) is 1. The predicted molar refractivity (Wildman–Crippen MR) is 148 cm³/mol. The first-order valence-corrected chi connectivity index (χ1v) is 13.3. The molecular weight excluding hydrogens is 490 g/mol. The minimum atomic E-state index is -0.607. The van der Waals surface area contributed by atoms with Crippen LogP contribution in [0.1, 0.15) is 51.7 Å². The molecule has 37 heavy (non-hydrogen) atoms. The number of nitrogens with zero attached hydrogens (tertiary/aromatic N) is 2. The average molecular weight is 528 g/mol. The van der Waals surface area contributed by atoms with Gasteiger partial charge in [-0.05, 0) is 82.7 Å². The van der Waals surface area contributed by atoms with Gasteiger partial charge in [0.25, 0.3) is 5.91 Å². The van der Waals surface area contributed by atoms with Gasteiger partial charge in [0, 0.05) is 42.1 Å². The Hall–Kier alpha value is -3.03. The van der Waals surface area contributed by atoms with Crippen molar-refractivity contribution in [2.75, 3.05) is 31.1 Å². The Labute approximate surface area is 225 Å². The smallest absolute Gasteiger partial charge is 0.410 e.